The van der Waals surface area contributed by atoms with E-state index < -0.39 is 12.0 Å². The maximum Gasteiger partial charge on any atom is 0.338 e. The van der Waals surface area contributed by atoms with Crippen LogP contribution in [0.5, 0.6) is 11.5 Å². The number of halogens is 1. The van der Waals surface area contributed by atoms with Crippen molar-refractivity contribution in [2.24, 2.45) is 4.99 Å². The zero-order chi connectivity index (χ0) is 24.9. The summed E-state index contributed by atoms with van der Waals surface area (Å²) in [6.45, 7) is 6.18. The minimum Gasteiger partial charge on any atom is -0.466 e. The number of carbonyl (C=O) groups is 1. The Morgan fingerprint density at radius 1 is 1.23 bits per heavy atom. The maximum absolute atomic E-state index is 13.7. The Labute approximate surface area is 214 Å². The van der Waals surface area contributed by atoms with Crippen LogP contribution in [0.15, 0.2) is 61.9 Å². The summed E-state index contributed by atoms with van der Waals surface area (Å²) in [5.74, 6) is 1.14. The van der Waals surface area contributed by atoms with E-state index in [2.05, 4.69) is 34.8 Å². The molecular formula is C26H23BrN2O5S. The van der Waals surface area contributed by atoms with Gasteiger partial charge in [-0.1, -0.05) is 65.4 Å². The number of ether oxygens (including phenoxy) is 3. The van der Waals surface area contributed by atoms with Crippen LogP contribution in [-0.4, -0.2) is 24.4 Å². The SMILES string of the molecule is COC(=O)C1=C(C)N=c2sc(=Cc3cc4c(cc3Br)OCO4)c(=O)n2C1c1ccc(C(C)C)cc1. The first-order chi connectivity index (χ1) is 16.8. The number of nitrogens with zero attached hydrogens (tertiary/aromatic N) is 2. The highest BCUT2D eigenvalue weighted by atomic mass is 79.9. The summed E-state index contributed by atoms with van der Waals surface area (Å²) >= 11 is 4.83. The topological polar surface area (TPSA) is 79.1 Å². The largest absolute Gasteiger partial charge is 0.466 e. The van der Waals surface area contributed by atoms with Crippen molar-refractivity contribution in [2.45, 2.75) is 32.7 Å². The molecule has 0 aliphatic carbocycles. The fourth-order valence-electron chi connectivity index (χ4n) is 4.26. The van der Waals surface area contributed by atoms with Crippen LogP contribution in [0.3, 0.4) is 0 Å². The van der Waals surface area contributed by atoms with Crippen LogP contribution < -0.4 is 24.4 Å². The highest BCUT2D eigenvalue weighted by Gasteiger charge is 2.33. The number of thiazole rings is 1. The third-order valence-corrected chi connectivity index (χ3v) is 7.79. The molecule has 35 heavy (non-hydrogen) atoms. The van der Waals surface area contributed by atoms with E-state index in [-0.39, 0.29) is 12.4 Å². The van der Waals surface area contributed by atoms with Gasteiger partial charge in [0.1, 0.15) is 0 Å². The maximum atomic E-state index is 13.7. The molecule has 1 atom stereocenters. The molecule has 0 bridgehead atoms. The summed E-state index contributed by atoms with van der Waals surface area (Å²) in [6.07, 6.45) is 1.80. The molecule has 0 fully saturated rings. The molecule has 2 aliphatic heterocycles. The standard InChI is InChI=1S/C26H23BrN2O5S/c1-13(2)15-5-7-16(8-6-15)23-22(25(31)32-4)14(3)28-26-29(23)24(30)21(35-26)10-17-9-19-20(11-18(17)27)34-12-33-19/h5-11,13,23H,12H2,1-4H3. The van der Waals surface area contributed by atoms with Crippen LogP contribution in [0.4, 0.5) is 0 Å². The van der Waals surface area contributed by atoms with Crippen molar-refractivity contribution >= 4 is 39.3 Å². The van der Waals surface area contributed by atoms with Gasteiger partial charge in [0.05, 0.1) is 29.0 Å². The predicted molar refractivity (Wildman–Crippen MR) is 137 cm³/mol. The number of fused-ring (bicyclic) bond motifs is 2. The number of benzene rings is 2. The Hall–Kier alpha value is -3.17. The number of rotatable bonds is 4. The fraction of sp³-hybridized carbons (Fsp3) is 0.269. The lowest BCUT2D eigenvalue weighted by molar-refractivity contribution is -0.136. The number of methoxy groups -OCH3 is 1. The molecule has 0 radical (unpaired) electrons. The summed E-state index contributed by atoms with van der Waals surface area (Å²) in [4.78, 5) is 31.7. The normalized spacial score (nSPS) is 17.0. The lowest BCUT2D eigenvalue weighted by atomic mass is 9.93. The minimum absolute atomic E-state index is 0.165. The number of allylic oxidation sites excluding steroid dienone is 1. The second-order valence-electron chi connectivity index (χ2n) is 8.62. The van der Waals surface area contributed by atoms with Crippen molar-refractivity contribution in [3.05, 3.63) is 88.5 Å². The Morgan fingerprint density at radius 2 is 1.91 bits per heavy atom. The number of esters is 1. The Bertz CT molecular complexity index is 1550. The highest BCUT2D eigenvalue weighted by Crippen LogP contribution is 2.37. The minimum atomic E-state index is -0.637. The summed E-state index contributed by atoms with van der Waals surface area (Å²) in [5, 5.41) is 0. The van der Waals surface area contributed by atoms with Crippen molar-refractivity contribution < 1.29 is 19.0 Å². The molecule has 3 heterocycles. The molecular weight excluding hydrogens is 532 g/mol. The first-order valence-corrected chi connectivity index (χ1v) is 12.7. The summed E-state index contributed by atoms with van der Waals surface area (Å²) in [7, 11) is 1.34. The molecule has 3 aromatic rings. The van der Waals surface area contributed by atoms with Gasteiger partial charge in [0.25, 0.3) is 5.56 Å². The van der Waals surface area contributed by atoms with Crippen molar-refractivity contribution in [1.29, 1.82) is 0 Å². The zero-order valence-corrected chi connectivity index (χ0v) is 22.0. The predicted octanol–water partition coefficient (Wildman–Crippen LogP) is 4.02. The van der Waals surface area contributed by atoms with Gasteiger partial charge < -0.3 is 14.2 Å². The van der Waals surface area contributed by atoms with Gasteiger partial charge in [-0.25, -0.2) is 9.79 Å². The van der Waals surface area contributed by atoms with Crippen LogP contribution in [0, 0.1) is 0 Å². The molecule has 2 aromatic carbocycles. The molecule has 1 unspecified atom stereocenters. The quantitative estimate of drug-likeness (QED) is 0.455. The number of hydrogen-bond acceptors (Lipinski definition) is 7. The van der Waals surface area contributed by atoms with Crippen LogP contribution in [0.2, 0.25) is 0 Å². The summed E-state index contributed by atoms with van der Waals surface area (Å²) in [5.41, 5.74) is 3.43. The first-order valence-electron chi connectivity index (χ1n) is 11.1. The van der Waals surface area contributed by atoms with Crippen molar-refractivity contribution in [2.75, 3.05) is 13.9 Å². The lowest BCUT2D eigenvalue weighted by Gasteiger charge is -2.24. The molecule has 0 saturated heterocycles. The number of hydrogen-bond donors (Lipinski definition) is 0. The molecule has 0 N–H and O–H groups in total. The van der Waals surface area contributed by atoms with E-state index in [0.717, 1.165) is 15.6 Å². The van der Waals surface area contributed by atoms with Gasteiger partial charge in [0, 0.05) is 4.47 Å². The second-order valence-corrected chi connectivity index (χ2v) is 10.5. The number of carbonyl (C=O) groups excluding carboxylic acids is 1. The molecule has 7 nitrogen and oxygen atoms in total. The van der Waals surface area contributed by atoms with E-state index in [1.54, 1.807) is 17.6 Å². The fourth-order valence-corrected chi connectivity index (χ4v) is 5.73. The number of aromatic nitrogens is 1. The van der Waals surface area contributed by atoms with Gasteiger partial charge in [-0.2, -0.15) is 0 Å². The van der Waals surface area contributed by atoms with Gasteiger partial charge in [-0.05, 0) is 47.7 Å². The van der Waals surface area contributed by atoms with Gasteiger partial charge >= 0.3 is 5.97 Å². The van der Waals surface area contributed by atoms with Crippen molar-refractivity contribution in [3.63, 3.8) is 0 Å². The van der Waals surface area contributed by atoms with Gasteiger partial charge in [-0.3, -0.25) is 9.36 Å². The molecule has 1 aromatic heterocycles. The molecule has 0 amide bonds. The zero-order valence-electron chi connectivity index (χ0n) is 19.6. The van der Waals surface area contributed by atoms with E-state index in [1.165, 1.54) is 24.0 Å². The lowest BCUT2D eigenvalue weighted by Crippen LogP contribution is -2.39. The Balaban J connectivity index is 1.70. The van der Waals surface area contributed by atoms with E-state index in [4.69, 9.17) is 14.2 Å². The smallest absolute Gasteiger partial charge is 0.338 e. The van der Waals surface area contributed by atoms with Gasteiger partial charge in [0.15, 0.2) is 16.3 Å². The molecule has 0 spiro atoms. The monoisotopic (exact) mass is 554 g/mol. The molecule has 180 valence electrons. The van der Waals surface area contributed by atoms with E-state index >= 15 is 0 Å². The van der Waals surface area contributed by atoms with Crippen LogP contribution in [0.1, 0.15) is 49.4 Å². The third-order valence-electron chi connectivity index (χ3n) is 6.12. The average molecular weight is 555 g/mol. The molecule has 5 rings (SSSR count). The Kier molecular flexibility index (Phi) is 6.14. The molecule has 0 saturated carbocycles. The summed E-state index contributed by atoms with van der Waals surface area (Å²) < 4.78 is 18.9. The van der Waals surface area contributed by atoms with Crippen LogP contribution >= 0.6 is 27.3 Å². The molecule has 2 aliphatic rings. The van der Waals surface area contributed by atoms with Crippen LogP contribution in [0.25, 0.3) is 6.08 Å². The first kappa shape index (κ1) is 23.6. The third kappa shape index (κ3) is 4.12. The van der Waals surface area contributed by atoms with Gasteiger partial charge in [-0.15, -0.1) is 0 Å². The Morgan fingerprint density at radius 3 is 2.57 bits per heavy atom. The van der Waals surface area contributed by atoms with Crippen LogP contribution in [-0.2, 0) is 9.53 Å². The molecule has 9 heteroatoms. The summed E-state index contributed by atoms with van der Waals surface area (Å²) in [6, 6.07) is 11.0. The average Bonchev–Trinajstić information content (AvgIpc) is 3.41. The van der Waals surface area contributed by atoms with E-state index in [1.807, 2.05) is 36.4 Å². The van der Waals surface area contributed by atoms with E-state index in [0.29, 0.717) is 38.0 Å². The highest BCUT2D eigenvalue weighted by molar-refractivity contribution is 9.10. The van der Waals surface area contributed by atoms with Crippen molar-refractivity contribution in [3.8, 4) is 11.5 Å². The van der Waals surface area contributed by atoms with E-state index in [9.17, 15) is 9.59 Å². The van der Waals surface area contributed by atoms with Gasteiger partial charge in [0.2, 0.25) is 6.79 Å². The second kappa shape index (κ2) is 9.13. The van der Waals surface area contributed by atoms with Crippen molar-refractivity contribution in [1.82, 2.24) is 4.57 Å².